The highest BCUT2D eigenvalue weighted by atomic mass is 32.2. The van der Waals surface area contributed by atoms with Crippen LogP contribution in [0.15, 0.2) is 12.7 Å². The van der Waals surface area contributed by atoms with Crippen LogP contribution in [0, 0.1) is 0 Å². The van der Waals surface area contributed by atoms with E-state index in [1.54, 1.807) is 6.08 Å². The zero-order valence-corrected chi connectivity index (χ0v) is 7.30. The molecule has 0 rings (SSSR count). The fourth-order valence-corrected chi connectivity index (χ4v) is 0.778. The number of carbonyl (C=O) groups excluding carboxylic acids is 1. The summed E-state index contributed by atoms with van der Waals surface area (Å²) in [4.78, 5) is 20.7. The molecule has 0 aliphatic heterocycles. The number of rotatable bonds is 6. The van der Waals surface area contributed by atoms with Crippen LogP contribution < -0.4 is 0 Å². The third-order valence-corrected chi connectivity index (χ3v) is 1.56. The Labute approximate surface area is 74.8 Å². The molecule has 0 radical (unpaired) electrons. The summed E-state index contributed by atoms with van der Waals surface area (Å²) in [7, 11) is 0. The van der Waals surface area contributed by atoms with Crippen molar-refractivity contribution in [3.05, 3.63) is 12.7 Å². The molecule has 0 amide bonds. The van der Waals surface area contributed by atoms with E-state index in [0.717, 1.165) is 12.0 Å². The number of aliphatic carboxylic acids is 1. The first kappa shape index (κ1) is 11.0. The van der Waals surface area contributed by atoms with E-state index >= 15 is 0 Å². The molecule has 0 aliphatic carbocycles. The Morgan fingerprint density at radius 2 is 2.17 bits per heavy atom. The van der Waals surface area contributed by atoms with E-state index in [2.05, 4.69) is 10.8 Å². The van der Waals surface area contributed by atoms with Gasteiger partial charge in [0.15, 0.2) is 0 Å². The van der Waals surface area contributed by atoms with E-state index in [9.17, 15) is 9.59 Å². The summed E-state index contributed by atoms with van der Waals surface area (Å²) in [5.74, 6) is -0.997. The standard InChI is InChI=1S/C7H10O4S/c1-2-5-12-11-7(10)4-3-6(8)9/h2H,1,3-5H2,(H,8,9). The summed E-state index contributed by atoms with van der Waals surface area (Å²) in [6.07, 6.45) is 1.32. The molecule has 0 heterocycles. The van der Waals surface area contributed by atoms with Crippen LogP contribution in [0.3, 0.4) is 0 Å². The smallest absolute Gasteiger partial charge is 0.318 e. The lowest BCUT2D eigenvalue weighted by Gasteiger charge is -1.97. The molecule has 5 heteroatoms. The Kier molecular flexibility index (Phi) is 6.18. The van der Waals surface area contributed by atoms with Gasteiger partial charge in [-0.3, -0.25) is 9.59 Å². The van der Waals surface area contributed by atoms with Gasteiger partial charge in [0.1, 0.15) is 0 Å². The van der Waals surface area contributed by atoms with Gasteiger partial charge in [0.2, 0.25) is 0 Å². The van der Waals surface area contributed by atoms with Crippen molar-refractivity contribution in [1.82, 2.24) is 0 Å². The average Bonchev–Trinajstić information content (AvgIpc) is 2.01. The monoisotopic (exact) mass is 190 g/mol. The van der Waals surface area contributed by atoms with E-state index in [1.807, 2.05) is 0 Å². The summed E-state index contributed by atoms with van der Waals surface area (Å²) >= 11 is 0.952. The molecule has 0 atom stereocenters. The van der Waals surface area contributed by atoms with Crippen molar-refractivity contribution in [1.29, 1.82) is 0 Å². The Morgan fingerprint density at radius 1 is 1.50 bits per heavy atom. The van der Waals surface area contributed by atoms with Gasteiger partial charge < -0.3 is 9.29 Å². The normalized spacial score (nSPS) is 9.00. The first-order chi connectivity index (χ1) is 5.66. The van der Waals surface area contributed by atoms with Crippen LogP contribution >= 0.6 is 12.0 Å². The fraction of sp³-hybridized carbons (Fsp3) is 0.429. The zero-order chi connectivity index (χ0) is 9.40. The molecular formula is C7H10O4S. The zero-order valence-electron chi connectivity index (χ0n) is 6.49. The minimum absolute atomic E-state index is 0.0839. The van der Waals surface area contributed by atoms with Crippen molar-refractivity contribution < 1.29 is 18.9 Å². The van der Waals surface area contributed by atoms with Gasteiger partial charge >= 0.3 is 11.9 Å². The summed E-state index contributed by atoms with van der Waals surface area (Å²) in [5, 5.41) is 8.20. The van der Waals surface area contributed by atoms with Crippen LogP contribution in [0.2, 0.25) is 0 Å². The Morgan fingerprint density at radius 3 is 2.67 bits per heavy atom. The maximum Gasteiger partial charge on any atom is 0.318 e. The van der Waals surface area contributed by atoms with E-state index in [-0.39, 0.29) is 12.8 Å². The quantitative estimate of drug-likeness (QED) is 0.387. The number of carboxylic acid groups (broad SMARTS) is 1. The summed E-state index contributed by atoms with van der Waals surface area (Å²) < 4.78 is 4.58. The lowest BCUT2D eigenvalue weighted by atomic mass is 10.3. The van der Waals surface area contributed by atoms with Crippen molar-refractivity contribution in [2.24, 2.45) is 0 Å². The van der Waals surface area contributed by atoms with Gasteiger partial charge in [-0.05, 0) is 0 Å². The van der Waals surface area contributed by atoms with E-state index < -0.39 is 11.9 Å². The summed E-state index contributed by atoms with van der Waals surface area (Å²) in [5.41, 5.74) is 0. The second-order valence-electron chi connectivity index (χ2n) is 1.92. The van der Waals surface area contributed by atoms with Crippen molar-refractivity contribution in [2.75, 3.05) is 5.75 Å². The predicted molar refractivity (Wildman–Crippen MR) is 45.6 cm³/mol. The Hall–Kier alpha value is -0.970. The fourth-order valence-electron chi connectivity index (χ4n) is 0.399. The molecule has 68 valence electrons. The molecule has 0 bridgehead atoms. The third kappa shape index (κ3) is 7.14. The van der Waals surface area contributed by atoms with Gasteiger partial charge in [-0.25, -0.2) is 0 Å². The molecule has 4 nitrogen and oxygen atoms in total. The molecule has 0 aliphatic rings. The number of hydrogen-bond donors (Lipinski definition) is 1. The number of carboxylic acids is 1. The van der Waals surface area contributed by atoms with Crippen LogP contribution in [0.5, 0.6) is 0 Å². The second kappa shape index (κ2) is 6.72. The van der Waals surface area contributed by atoms with Gasteiger partial charge in [0.25, 0.3) is 0 Å². The van der Waals surface area contributed by atoms with Crippen molar-refractivity contribution in [2.45, 2.75) is 12.8 Å². The second-order valence-corrected chi connectivity index (χ2v) is 2.66. The minimum Gasteiger partial charge on any atom is -0.481 e. The molecule has 0 aromatic heterocycles. The van der Waals surface area contributed by atoms with Gasteiger partial charge in [0, 0.05) is 5.75 Å². The molecule has 1 N–H and O–H groups in total. The van der Waals surface area contributed by atoms with Crippen molar-refractivity contribution in [3.63, 3.8) is 0 Å². The Bertz CT molecular complexity index is 178. The predicted octanol–water partition coefficient (Wildman–Crippen LogP) is 1.23. The first-order valence-corrected chi connectivity index (χ1v) is 4.23. The van der Waals surface area contributed by atoms with Gasteiger partial charge in [-0.15, -0.1) is 6.58 Å². The van der Waals surface area contributed by atoms with Gasteiger partial charge in [-0.1, -0.05) is 6.08 Å². The lowest BCUT2D eigenvalue weighted by molar-refractivity contribution is -0.141. The maximum absolute atomic E-state index is 10.7. The number of carbonyl (C=O) groups is 2. The van der Waals surface area contributed by atoms with Crippen molar-refractivity contribution >= 4 is 24.0 Å². The summed E-state index contributed by atoms with van der Waals surface area (Å²) in [6.45, 7) is 3.43. The van der Waals surface area contributed by atoms with Crippen LogP contribution in [0.1, 0.15) is 12.8 Å². The lowest BCUT2D eigenvalue weighted by Crippen LogP contribution is -2.03. The molecule has 0 fully saturated rings. The van der Waals surface area contributed by atoms with E-state index in [0.29, 0.717) is 5.75 Å². The number of hydrogen-bond acceptors (Lipinski definition) is 4. The summed E-state index contributed by atoms with van der Waals surface area (Å²) in [6, 6.07) is 0. The molecule has 12 heavy (non-hydrogen) atoms. The topological polar surface area (TPSA) is 63.6 Å². The van der Waals surface area contributed by atoms with Crippen LogP contribution in [-0.2, 0) is 13.8 Å². The molecule has 0 saturated heterocycles. The van der Waals surface area contributed by atoms with Gasteiger partial charge in [-0.2, -0.15) is 0 Å². The Balaban J connectivity index is 3.33. The maximum atomic E-state index is 10.7. The highest BCUT2D eigenvalue weighted by Gasteiger charge is 2.05. The highest BCUT2D eigenvalue weighted by Crippen LogP contribution is 2.05. The van der Waals surface area contributed by atoms with E-state index in [1.165, 1.54) is 0 Å². The highest BCUT2D eigenvalue weighted by molar-refractivity contribution is 7.95. The third-order valence-electron chi connectivity index (χ3n) is 0.881. The van der Waals surface area contributed by atoms with E-state index in [4.69, 9.17) is 5.11 Å². The molecule has 0 aromatic rings. The van der Waals surface area contributed by atoms with Crippen LogP contribution in [-0.4, -0.2) is 22.8 Å². The minimum atomic E-state index is -0.999. The van der Waals surface area contributed by atoms with Gasteiger partial charge in [0.05, 0.1) is 24.9 Å². The van der Waals surface area contributed by atoms with Crippen molar-refractivity contribution in [3.8, 4) is 0 Å². The molecule has 0 saturated carbocycles. The molecule has 0 aromatic carbocycles. The molecule has 0 spiro atoms. The average molecular weight is 190 g/mol. The molecule has 0 unspecified atom stereocenters. The SMILES string of the molecule is C=CCSOC(=O)CCC(=O)O. The van der Waals surface area contributed by atoms with Crippen LogP contribution in [0.25, 0.3) is 0 Å². The largest absolute Gasteiger partial charge is 0.481 e. The van der Waals surface area contributed by atoms with Crippen LogP contribution in [0.4, 0.5) is 0 Å². The first-order valence-electron chi connectivity index (χ1n) is 3.31. The molecular weight excluding hydrogens is 180 g/mol.